The number of hydrogen-bond donors (Lipinski definition) is 1. The standard InChI is InChI=1S/C25H16Cl2N2O2/c1-14-8-11-22-23(12-14)31-25(29-22)19-13-15(9-10-21(19)27)28-24(30)18-6-2-5-17-16(18)4-3-7-20(17)26/h2-13H,1H3,(H,28,30). The zero-order chi connectivity index (χ0) is 21.5. The summed E-state index contributed by atoms with van der Waals surface area (Å²) < 4.78 is 5.91. The number of rotatable bonds is 3. The maximum absolute atomic E-state index is 13.0. The molecule has 1 heterocycles. The van der Waals surface area contributed by atoms with Crippen molar-refractivity contribution in [1.82, 2.24) is 4.98 Å². The van der Waals surface area contributed by atoms with Crippen LogP contribution in [0.5, 0.6) is 0 Å². The van der Waals surface area contributed by atoms with Gasteiger partial charge in [0.1, 0.15) is 5.52 Å². The highest BCUT2D eigenvalue weighted by Crippen LogP contribution is 2.33. The Kier molecular flexibility index (Phi) is 4.89. The van der Waals surface area contributed by atoms with Crippen LogP contribution in [0.25, 0.3) is 33.3 Å². The van der Waals surface area contributed by atoms with Gasteiger partial charge in [-0.15, -0.1) is 0 Å². The first-order valence-corrected chi connectivity index (χ1v) is 10.4. The minimum Gasteiger partial charge on any atom is -0.436 e. The maximum atomic E-state index is 13.0. The van der Waals surface area contributed by atoms with E-state index in [0.717, 1.165) is 21.9 Å². The van der Waals surface area contributed by atoms with Crippen LogP contribution in [0.4, 0.5) is 5.69 Å². The molecule has 1 N–H and O–H groups in total. The lowest BCUT2D eigenvalue weighted by Gasteiger charge is -2.10. The first kappa shape index (κ1) is 19.6. The number of oxazole rings is 1. The van der Waals surface area contributed by atoms with Gasteiger partial charge < -0.3 is 9.73 Å². The second kappa shape index (κ2) is 7.73. The third-order valence-corrected chi connectivity index (χ3v) is 5.77. The van der Waals surface area contributed by atoms with Crippen molar-refractivity contribution in [3.63, 3.8) is 0 Å². The van der Waals surface area contributed by atoms with Crippen molar-refractivity contribution in [3.05, 3.63) is 94.0 Å². The van der Waals surface area contributed by atoms with Gasteiger partial charge >= 0.3 is 0 Å². The quantitative estimate of drug-likeness (QED) is 0.311. The number of carbonyl (C=O) groups is 1. The number of halogens is 2. The van der Waals surface area contributed by atoms with Gasteiger partial charge in [0.2, 0.25) is 5.89 Å². The largest absolute Gasteiger partial charge is 0.436 e. The van der Waals surface area contributed by atoms with Crippen molar-refractivity contribution < 1.29 is 9.21 Å². The van der Waals surface area contributed by atoms with Gasteiger partial charge in [-0.1, -0.05) is 53.5 Å². The molecule has 0 aliphatic carbocycles. The monoisotopic (exact) mass is 446 g/mol. The van der Waals surface area contributed by atoms with Crippen LogP contribution in [0.15, 0.2) is 77.2 Å². The summed E-state index contributed by atoms with van der Waals surface area (Å²) in [6.45, 7) is 1.99. The van der Waals surface area contributed by atoms with E-state index in [1.807, 2.05) is 49.4 Å². The Morgan fingerprint density at radius 2 is 1.71 bits per heavy atom. The van der Waals surface area contributed by atoms with Crippen LogP contribution < -0.4 is 5.32 Å². The molecule has 0 aliphatic heterocycles. The Hall–Kier alpha value is -3.34. The Balaban J connectivity index is 1.51. The molecule has 0 unspecified atom stereocenters. The van der Waals surface area contributed by atoms with Crippen LogP contribution in [-0.4, -0.2) is 10.9 Å². The summed E-state index contributed by atoms with van der Waals surface area (Å²) >= 11 is 12.7. The van der Waals surface area contributed by atoms with E-state index in [2.05, 4.69) is 10.3 Å². The molecule has 31 heavy (non-hydrogen) atoms. The van der Waals surface area contributed by atoms with Crippen LogP contribution >= 0.6 is 23.2 Å². The molecule has 0 atom stereocenters. The molecule has 1 amide bonds. The average Bonchev–Trinajstić information content (AvgIpc) is 3.18. The minimum atomic E-state index is -0.241. The fourth-order valence-corrected chi connectivity index (χ4v) is 4.02. The van der Waals surface area contributed by atoms with Gasteiger partial charge in [-0.2, -0.15) is 0 Å². The van der Waals surface area contributed by atoms with Gasteiger partial charge in [0.15, 0.2) is 5.58 Å². The number of fused-ring (bicyclic) bond motifs is 2. The number of carbonyl (C=O) groups excluding carboxylic acids is 1. The predicted octanol–water partition coefficient (Wildman–Crippen LogP) is 7.52. The predicted molar refractivity (Wildman–Crippen MR) is 126 cm³/mol. The highest BCUT2D eigenvalue weighted by molar-refractivity contribution is 6.36. The van der Waals surface area contributed by atoms with Gasteiger partial charge in [-0.25, -0.2) is 4.98 Å². The van der Waals surface area contributed by atoms with Crippen molar-refractivity contribution >= 4 is 56.7 Å². The molecule has 1 aromatic heterocycles. The molecule has 6 heteroatoms. The van der Waals surface area contributed by atoms with Crippen molar-refractivity contribution in [2.45, 2.75) is 6.92 Å². The van der Waals surface area contributed by atoms with Gasteiger partial charge in [-0.3, -0.25) is 4.79 Å². The third-order valence-electron chi connectivity index (χ3n) is 5.11. The van der Waals surface area contributed by atoms with Gasteiger partial charge in [-0.05, 0) is 60.3 Å². The van der Waals surface area contributed by atoms with E-state index in [1.165, 1.54) is 0 Å². The SMILES string of the molecule is Cc1ccc2nc(-c3cc(NC(=O)c4cccc5c(Cl)cccc45)ccc3Cl)oc2c1. The molecular weight excluding hydrogens is 431 g/mol. The molecule has 4 nitrogen and oxygen atoms in total. The van der Waals surface area contributed by atoms with Gasteiger partial charge in [0.25, 0.3) is 5.91 Å². The van der Waals surface area contributed by atoms with E-state index in [0.29, 0.717) is 38.3 Å². The Morgan fingerprint density at radius 1 is 0.903 bits per heavy atom. The normalized spacial score (nSPS) is 11.2. The molecule has 4 aromatic carbocycles. The van der Waals surface area contributed by atoms with E-state index in [1.54, 1.807) is 30.3 Å². The van der Waals surface area contributed by atoms with Crippen LogP contribution in [0.1, 0.15) is 15.9 Å². The van der Waals surface area contributed by atoms with Crippen LogP contribution in [0.3, 0.4) is 0 Å². The highest BCUT2D eigenvalue weighted by atomic mass is 35.5. The summed E-state index contributed by atoms with van der Waals surface area (Å²) in [5, 5.41) is 5.65. The summed E-state index contributed by atoms with van der Waals surface area (Å²) in [7, 11) is 0. The smallest absolute Gasteiger partial charge is 0.256 e. The number of hydrogen-bond acceptors (Lipinski definition) is 3. The maximum Gasteiger partial charge on any atom is 0.256 e. The fraction of sp³-hybridized carbons (Fsp3) is 0.0400. The third kappa shape index (κ3) is 3.65. The molecule has 0 saturated carbocycles. The summed E-state index contributed by atoms with van der Waals surface area (Å²) in [5.74, 6) is 0.160. The second-order valence-electron chi connectivity index (χ2n) is 7.28. The lowest BCUT2D eigenvalue weighted by atomic mass is 10.0. The van der Waals surface area contributed by atoms with E-state index in [-0.39, 0.29) is 5.91 Å². The topological polar surface area (TPSA) is 55.1 Å². The zero-order valence-electron chi connectivity index (χ0n) is 16.4. The van der Waals surface area contributed by atoms with Gasteiger partial charge in [0, 0.05) is 21.7 Å². The first-order chi connectivity index (χ1) is 15.0. The molecule has 0 fully saturated rings. The minimum absolute atomic E-state index is 0.241. The van der Waals surface area contributed by atoms with Crippen molar-refractivity contribution in [3.8, 4) is 11.5 Å². The number of aromatic nitrogens is 1. The Labute approximate surface area is 188 Å². The number of benzene rings is 4. The number of aryl methyl sites for hydroxylation is 1. The number of amides is 1. The number of anilines is 1. The molecule has 0 aliphatic rings. The van der Waals surface area contributed by atoms with E-state index >= 15 is 0 Å². The Bertz CT molecular complexity index is 1470. The highest BCUT2D eigenvalue weighted by Gasteiger charge is 2.15. The second-order valence-corrected chi connectivity index (χ2v) is 8.09. The van der Waals surface area contributed by atoms with Crippen molar-refractivity contribution in [1.29, 1.82) is 0 Å². The zero-order valence-corrected chi connectivity index (χ0v) is 18.0. The van der Waals surface area contributed by atoms with Gasteiger partial charge in [0.05, 0.1) is 10.6 Å². The summed E-state index contributed by atoms with van der Waals surface area (Å²) in [5.41, 5.74) is 4.24. The van der Waals surface area contributed by atoms with Crippen molar-refractivity contribution in [2.75, 3.05) is 5.32 Å². The number of nitrogens with one attached hydrogen (secondary N) is 1. The van der Waals surface area contributed by atoms with Crippen molar-refractivity contribution in [2.24, 2.45) is 0 Å². The van der Waals surface area contributed by atoms with Crippen LogP contribution in [0.2, 0.25) is 10.0 Å². The first-order valence-electron chi connectivity index (χ1n) is 9.65. The summed E-state index contributed by atoms with van der Waals surface area (Å²) in [4.78, 5) is 17.6. The van der Waals surface area contributed by atoms with Crippen LogP contribution in [0, 0.1) is 6.92 Å². The van der Waals surface area contributed by atoms with E-state index in [4.69, 9.17) is 27.6 Å². The summed E-state index contributed by atoms with van der Waals surface area (Å²) in [6, 6.07) is 22.0. The lowest BCUT2D eigenvalue weighted by Crippen LogP contribution is -2.12. The Morgan fingerprint density at radius 3 is 2.58 bits per heavy atom. The number of nitrogens with zero attached hydrogens (tertiary/aromatic N) is 1. The van der Waals surface area contributed by atoms with E-state index in [9.17, 15) is 4.79 Å². The molecule has 5 rings (SSSR count). The summed E-state index contributed by atoms with van der Waals surface area (Å²) in [6.07, 6.45) is 0. The molecule has 0 spiro atoms. The molecule has 5 aromatic rings. The molecule has 0 bridgehead atoms. The molecular formula is C25H16Cl2N2O2. The molecule has 0 saturated heterocycles. The fourth-order valence-electron chi connectivity index (χ4n) is 3.58. The van der Waals surface area contributed by atoms with E-state index < -0.39 is 0 Å². The molecule has 152 valence electrons. The van der Waals surface area contributed by atoms with Crippen LogP contribution in [-0.2, 0) is 0 Å². The average molecular weight is 447 g/mol. The molecule has 0 radical (unpaired) electrons. The lowest BCUT2D eigenvalue weighted by molar-refractivity contribution is 0.102.